The maximum absolute atomic E-state index is 12.1. The minimum absolute atomic E-state index is 0.105. The first-order chi connectivity index (χ1) is 11.0. The molecule has 1 amide bonds. The topological polar surface area (TPSA) is 38.3 Å². The van der Waals surface area contributed by atoms with Crippen molar-refractivity contribution in [3.8, 4) is 5.75 Å². The molecule has 2 aromatic rings. The summed E-state index contributed by atoms with van der Waals surface area (Å²) in [7, 11) is 0. The van der Waals surface area contributed by atoms with Crippen molar-refractivity contribution < 1.29 is 9.53 Å². The van der Waals surface area contributed by atoms with Gasteiger partial charge in [0.05, 0.1) is 6.04 Å². The van der Waals surface area contributed by atoms with E-state index in [4.69, 9.17) is 16.3 Å². The zero-order valence-corrected chi connectivity index (χ0v) is 14.4. The molecule has 0 saturated carbocycles. The van der Waals surface area contributed by atoms with Crippen LogP contribution in [0.3, 0.4) is 0 Å². The van der Waals surface area contributed by atoms with Gasteiger partial charge in [-0.15, -0.1) is 0 Å². The second-order valence-electron chi connectivity index (χ2n) is 5.92. The van der Waals surface area contributed by atoms with E-state index in [9.17, 15) is 4.79 Å². The molecule has 0 aromatic heterocycles. The van der Waals surface area contributed by atoms with E-state index in [0.717, 1.165) is 5.75 Å². The Labute approximate surface area is 142 Å². The molecule has 23 heavy (non-hydrogen) atoms. The van der Waals surface area contributed by atoms with Gasteiger partial charge in [0.15, 0.2) is 0 Å². The SMILES string of the molecule is CC(COc1ccc(C(C)C)cc1)NC(=O)c1cccc(Cl)c1. The first-order valence-electron chi connectivity index (χ1n) is 7.75. The van der Waals surface area contributed by atoms with Gasteiger partial charge in [-0.2, -0.15) is 0 Å². The predicted octanol–water partition coefficient (Wildman–Crippen LogP) is 4.66. The molecule has 0 aliphatic rings. The smallest absolute Gasteiger partial charge is 0.251 e. The third-order valence-corrected chi connectivity index (χ3v) is 3.75. The summed E-state index contributed by atoms with van der Waals surface area (Å²) >= 11 is 5.90. The van der Waals surface area contributed by atoms with Crippen molar-refractivity contribution in [1.29, 1.82) is 0 Å². The molecule has 0 spiro atoms. The van der Waals surface area contributed by atoms with Crippen LogP contribution in [0.5, 0.6) is 5.75 Å². The highest BCUT2D eigenvalue weighted by Gasteiger charge is 2.10. The molecule has 0 fully saturated rings. The van der Waals surface area contributed by atoms with Crippen LogP contribution in [0.1, 0.15) is 42.6 Å². The molecule has 2 rings (SSSR count). The van der Waals surface area contributed by atoms with Gasteiger partial charge in [-0.05, 0) is 48.7 Å². The lowest BCUT2D eigenvalue weighted by atomic mass is 10.0. The first kappa shape index (κ1) is 17.4. The van der Waals surface area contributed by atoms with E-state index in [-0.39, 0.29) is 11.9 Å². The highest BCUT2D eigenvalue weighted by Crippen LogP contribution is 2.18. The molecule has 0 saturated heterocycles. The van der Waals surface area contributed by atoms with Crippen LogP contribution in [0.25, 0.3) is 0 Å². The maximum atomic E-state index is 12.1. The fourth-order valence-electron chi connectivity index (χ4n) is 2.15. The molecule has 1 atom stereocenters. The van der Waals surface area contributed by atoms with Crippen molar-refractivity contribution in [1.82, 2.24) is 5.32 Å². The fraction of sp³-hybridized carbons (Fsp3) is 0.316. The highest BCUT2D eigenvalue weighted by molar-refractivity contribution is 6.30. The number of hydrogen-bond donors (Lipinski definition) is 1. The third-order valence-electron chi connectivity index (χ3n) is 3.51. The van der Waals surface area contributed by atoms with Gasteiger partial charge < -0.3 is 10.1 Å². The van der Waals surface area contributed by atoms with E-state index < -0.39 is 0 Å². The number of nitrogens with one attached hydrogen (secondary N) is 1. The Balaban J connectivity index is 1.85. The number of hydrogen-bond acceptors (Lipinski definition) is 2. The Morgan fingerprint density at radius 1 is 1.13 bits per heavy atom. The normalized spacial score (nSPS) is 12.0. The number of halogens is 1. The van der Waals surface area contributed by atoms with Crippen molar-refractivity contribution >= 4 is 17.5 Å². The first-order valence-corrected chi connectivity index (χ1v) is 8.12. The van der Waals surface area contributed by atoms with Gasteiger partial charge in [-0.25, -0.2) is 0 Å². The van der Waals surface area contributed by atoms with E-state index in [2.05, 4.69) is 31.3 Å². The standard InChI is InChI=1S/C19H22ClNO2/c1-13(2)15-7-9-18(10-8-15)23-12-14(3)21-19(22)16-5-4-6-17(20)11-16/h4-11,13-14H,12H2,1-3H3,(H,21,22). The number of amides is 1. The maximum Gasteiger partial charge on any atom is 0.251 e. The van der Waals surface area contributed by atoms with Crippen molar-refractivity contribution in [2.24, 2.45) is 0 Å². The van der Waals surface area contributed by atoms with E-state index in [1.54, 1.807) is 24.3 Å². The molecule has 0 aliphatic heterocycles. The molecule has 4 heteroatoms. The summed E-state index contributed by atoms with van der Waals surface area (Å²) in [5, 5.41) is 3.45. The van der Waals surface area contributed by atoms with E-state index in [1.165, 1.54) is 5.56 Å². The molecular weight excluding hydrogens is 310 g/mol. The van der Waals surface area contributed by atoms with Crippen LogP contribution in [0.2, 0.25) is 5.02 Å². The van der Waals surface area contributed by atoms with Gasteiger partial charge in [-0.1, -0.05) is 43.6 Å². The number of rotatable bonds is 6. The Morgan fingerprint density at radius 2 is 1.83 bits per heavy atom. The summed E-state index contributed by atoms with van der Waals surface area (Å²) in [6, 6.07) is 14.8. The van der Waals surface area contributed by atoms with E-state index >= 15 is 0 Å². The second kappa shape index (κ2) is 8.02. The summed E-state index contributed by atoms with van der Waals surface area (Å²) in [5.74, 6) is 1.15. The van der Waals surface area contributed by atoms with Crippen molar-refractivity contribution in [3.63, 3.8) is 0 Å². The average molecular weight is 332 g/mol. The summed E-state index contributed by atoms with van der Waals surface area (Å²) in [6.45, 7) is 6.63. The quantitative estimate of drug-likeness (QED) is 0.836. The zero-order valence-electron chi connectivity index (χ0n) is 13.7. The minimum atomic E-state index is -0.154. The average Bonchev–Trinajstić information content (AvgIpc) is 2.53. The molecule has 0 aliphatic carbocycles. The molecule has 3 nitrogen and oxygen atoms in total. The van der Waals surface area contributed by atoms with Crippen molar-refractivity contribution in [3.05, 3.63) is 64.7 Å². The predicted molar refractivity (Wildman–Crippen MR) is 94.4 cm³/mol. The number of carbonyl (C=O) groups is 1. The summed E-state index contributed by atoms with van der Waals surface area (Å²) in [5.41, 5.74) is 1.82. The lowest BCUT2D eigenvalue weighted by molar-refractivity contribution is 0.0926. The van der Waals surface area contributed by atoms with Gasteiger partial charge >= 0.3 is 0 Å². The summed E-state index contributed by atoms with van der Waals surface area (Å²) < 4.78 is 5.72. The van der Waals surface area contributed by atoms with Crippen LogP contribution < -0.4 is 10.1 Å². The molecule has 1 unspecified atom stereocenters. The van der Waals surface area contributed by atoms with Crippen LogP contribution in [0, 0.1) is 0 Å². The monoisotopic (exact) mass is 331 g/mol. The molecule has 122 valence electrons. The van der Waals surface area contributed by atoms with Gasteiger partial charge in [0.25, 0.3) is 5.91 Å². The van der Waals surface area contributed by atoms with E-state index in [1.807, 2.05) is 19.1 Å². The van der Waals surface area contributed by atoms with Crippen LogP contribution in [-0.2, 0) is 0 Å². The van der Waals surface area contributed by atoms with Crippen LogP contribution >= 0.6 is 11.6 Å². The third kappa shape index (κ3) is 5.29. The largest absolute Gasteiger partial charge is 0.491 e. The number of ether oxygens (including phenoxy) is 1. The molecule has 0 heterocycles. The van der Waals surface area contributed by atoms with Gasteiger partial charge in [0.1, 0.15) is 12.4 Å². The second-order valence-corrected chi connectivity index (χ2v) is 6.36. The van der Waals surface area contributed by atoms with Gasteiger partial charge in [-0.3, -0.25) is 4.79 Å². The Hall–Kier alpha value is -2.00. The fourth-order valence-corrected chi connectivity index (χ4v) is 2.34. The molecule has 0 radical (unpaired) electrons. The van der Waals surface area contributed by atoms with Crippen LogP contribution in [0.4, 0.5) is 0 Å². The van der Waals surface area contributed by atoms with Gasteiger partial charge in [0.2, 0.25) is 0 Å². The molecule has 1 N–H and O–H groups in total. The number of benzene rings is 2. The van der Waals surface area contributed by atoms with Crippen LogP contribution in [-0.4, -0.2) is 18.6 Å². The Morgan fingerprint density at radius 3 is 2.43 bits per heavy atom. The van der Waals surface area contributed by atoms with E-state index in [0.29, 0.717) is 23.1 Å². The Bertz CT molecular complexity index is 653. The Kier molecular flexibility index (Phi) is 6.05. The van der Waals surface area contributed by atoms with Crippen LogP contribution in [0.15, 0.2) is 48.5 Å². The zero-order chi connectivity index (χ0) is 16.8. The minimum Gasteiger partial charge on any atom is -0.491 e. The summed E-state index contributed by atoms with van der Waals surface area (Å²) in [6.07, 6.45) is 0. The van der Waals surface area contributed by atoms with Crippen molar-refractivity contribution in [2.45, 2.75) is 32.7 Å². The molecular formula is C19H22ClNO2. The lowest BCUT2D eigenvalue weighted by Crippen LogP contribution is -2.36. The number of carbonyl (C=O) groups excluding carboxylic acids is 1. The lowest BCUT2D eigenvalue weighted by Gasteiger charge is -2.15. The molecule has 0 bridgehead atoms. The van der Waals surface area contributed by atoms with Crippen molar-refractivity contribution in [2.75, 3.05) is 6.61 Å². The highest BCUT2D eigenvalue weighted by atomic mass is 35.5. The molecule has 2 aromatic carbocycles. The summed E-state index contributed by atoms with van der Waals surface area (Å²) in [4.78, 5) is 12.1. The van der Waals surface area contributed by atoms with Gasteiger partial charge in [0, 0.05) is 10.6 Å².